The molecule has 1 amide bonds. The number of halogens is 1. The van der Waals surface area contributed by atoms with E-state index in [1.165, 1.54) is 18.6 Å². The average Bonchev–Trinajstić information content (AvgIpc) is 2.78. The molecule has 0 radical (unpaired) electrons. The smallest absolute Gasteiger partial charge is 0.291 e. The van der Waals surface area contributed by atoms with Crippen LogP contribution in [0, 0.1) is 0 Å². The van der Waals surface area contributed by atoms with Crippen LogP contribution in [0.3, 0.4) is 0 Å². The molecule has 0 saturated carbocycles. The number of benzene rings is 2. The maximum Gasteiger partial charge on any atom is 0.291 e. The first kappa shape index (κ1) is 21.1. The molecule has 1 heterocycles. The Morgan fingerprint density at radius 3 is 2.33 bits per heavy atom. The van der Waals surface area contributed by atoms with Gasteiger partial charge in [0.1, 0.15) is 22.9 Å². The zero-order chi connectivity index (χ0) is 21.5. The van der Waals surface area contributed by atoms with E-state index in [9.17, 15) is 4.79 Å². The zero-order valence-corrected chi connectivity index (χ0v) is 17.3. The first-order valence-electron chi connectivity index (χ1n) is 8.76. The summed E-state index contributed by atoms with van der Waals surface area (Å²) in [6.07, 6.45) is 4.34. The zero-order valence-electron chi connectivity index (χ0n) is 16.5. The number of hydrogen-bond acceptors (Lipinski definition) is 7. The molecular weight excluding hydrogens is 408 g/mol. The van der Waals surface area contributed by atoms with Crippen molar-refractivity contribution in [3.8, 4) is 28.5 Å². The lowest BCUT2D eigenvalue weighted by molar-refractivity contribution is 0.0950. The number of rotatable bonds is 7. The molecular formula is C21H19ClN4O4. The molecule has 0 atom stereocenters. The largest absolute Gasteiger partial charge is 0.497 e. The van der Waals surface area contributed by atoms with Crippen LogP contribution in [0.4, 0.5) is 0 Å². The summed E-state index contributed by atoms with van der Waals surface area (Å²) >= 11 is 6.28. The number of methoxy groups -OCH3 is 3. The second kappa shape index (κ2) is 9.71. The van der Waals surface area contributed by atoms with E-state index in [1.807, 2.05) is 0 Å². The molecule has 0 aliphatic heterocycles. The number of hydrogen-bond donors (Lipinski definition) is 1. The van der Waals surface area contributed by atoms with Crippen LogP contribution in [0.2, 0.25) is 5.02 Å². The molecule has 30 heavy (non-hydrogen) atoms. The van der Waals surface area contributed by atoms with E-state index in [0.29, 0.717) is 39.1 Å². The summed E-state index contributed by atoms with van der Waals surface area (Å²) in [6.45, 7) is 0. The summed E-state index contributed by atoms with van der Waals surface area (Å²) in [5.74, 6) is 1.32. The van der Waals surface area contributed by atoms with Crippen LogP contribution < -0.4 is 19.6 Å². The number of ether oxygens (including phenoxy) is 3. The van der Waals surface area contributed by atoms with Crippen molar-refractivity contribution in [1.29, 1.82) is 0 Å². The van der Waals surface area contributed by atoms with Crippen LogP contribution in [-0.4, -0.2) is 43.4 Å². The maximum absolute atomic E-state index is 12.4. The minimum atomic E-state index is -0.514. The first-order chi connectivity index (χ1) is 14.5. The van der Waals surface area contributed by atoms with E-state index in [-0.39, 0.29) is 5.69 Å². The maximum atomic E-state index is 12.4. The summed E-state index contributed by atoms with van der Waals surface area (Å²) in [6, 6.07) is 10.4. The predicted octanol–water partition coefficient (Wildman–Crippen LogP) is 3.59. The molecule has 0 unspecified atom stereocenters. The number of nitrogens with one attached hydrogen (secondary N) is 1. The highest BCUT2D eigenvalue weighted by atomic mass is 35.5. The Labute approximate surface area is 178 Å². The van der Waals surface area contributed by atoms with Crippen LogP contribution >= 0.6 is 11.6 Å². The lowest BCUT2D eigenvalue weighted by Crippen LogP contribution is -2.19. The summed E-state index contributed by atoms with van der Waals surface area (Å²) < 4.78 is 15.6. The molecule has 0 saturated heterocycles. The highest BCUT2D eigenvalue weighted by molar-refractivity contribution is 6.33. The van der Waals surface area contributed by atoms with Gasteiger partial charge in [-0.1, -0.05) is 11.6 Å². The number of hydrazone groups is 1. The van der Waals surface area contributed by atoms with E-state index in [4.69, 9.17) is 25.8 Å². The predicted molar refractivity (Wildman–Crippen MR) is 114 cm³/mol. The van der Waals surface area contributed by atoms with Gasteiger partial charge in [0.25, 0.3) is 5.91 Å². The molecule has 0 bridgehead atoms. The number of amides is 1. The fourth-order valence-electron chi connectivity index (χ4n) is 2.56. The highest BCUT2D eigenvalue weighted by Gasteiger charge is 2.12. The van der Waals surface area contributed by atoms with Crippen molar-refractivity contribution in [2.75, 3.05) is 21.3 Å². The highest BCUT2D eigenvalue weighted by Crippen LogP contribution is 2.29. The normalized spacial score (nSPS) is 10.7. The summed E-state index contributed by atoms with van der Waals surface area (Å²) in [7, 11) is 4.66. The molecule has 0 aliphatic rings. The molecule has 0 spiro atoms. The van der Waals surface area contributed by atoms with Crippen molar-refractivity contribution in [2.45, 2.75) is 0 Å². The van der Waals surface area contributed by atoms with Gasteiger partial charge in [0.15, 0.2) is 0 Å². The molecule has 9 heteroatoms. The lowest BCUT2D eigenvalue weighted by atomic mass is 10.1. The fraction of sp³-hybridized carbons (Fsp3) is 0.143. The van der Waals surface area contributed by atoms with Gasteiger partial charge in [-0.25, -0.2) is 10.4 Å². The Bertz CT molecular complexity index is 1070. The van der Waals surface area contributed by atoms with Crippen molar-refractivity contribution in [3.05, 3.63) is 65.1 Å². The fourth-order valence-corrected chi connectivity index (χ4v) is 2.83. The van der Waals surface area contributed by atoms with E-state index in [2.05, 4.69) is 20.5 Å². The van der Waals surface area contributed by atoms with E-state index in [1.54, 1.807) is 57.7 Å². The van der Waals surface area contributed by atoms with Crippen LogP contribution in [0.25, 0.3) is 11.3 Å². The molecule has 0 fully saturated rings. The molecule has 2 aromatic carbocycles. The Kier molecular flexibility index (Phi) is 6.82. The van der Waals surface area contributed by atoms with Gasteiger partial charge in [-0.15, -0.1) is 0 Å². The van der Waals surface area contributed by atoms with Crippen molar-refractivity contribution >= 4 is 23.7 Å². The Morgan fingerprint density at radius 2 is 1.70 bits per heavy atom. The molecule has 1 N–H and O–H groups in total. The molecule has 1 aromatic heterocycles. The SMILES string of the molecule is COc1cc(C=NNC(=O)c2cncc(-c3ccc(OC)cc3Cl)n2)cc(OC)c1. The van der Waals surface area contributed by atoms with Crippen molar-refractivity contribution in [3.63, 3.8) is 0 Å². The van der Waals surface area contributed by atoms with Crippen LogP contribution in [-0.2, 0) is 0 Å². The van der Waals surface area contributed by atoms with Crippen molar-refractivity contribution < 1.29 is 19.0 Å². The van der Waals surface area contributed by atoms with Crippen LogP contribution in [0.15, 0.2) is 53.9 Å². The van der Waals surface area contributed by atoms with E-state index < -0.39 is 5.91 Å². The lowest BCUT2D eigenvalue weighted by Gasteiger charge is -2.07. The van der Waals surface area contributed by atoms with Gasteiger partial charge in [0.2, 0.25) is 0 Å². The summed E-state index contributed by atoms with van der Waals surface area (Å²) in [5.41, 5.74) is 4.30. The van der Waals surface area contributed by atoms with Gasteiger partial charge < -0.3 is 14.2 Å². The third-order valence-corrected chi connectivity index (χ3v) is 4.39. The topological polar surface area (TPSA) is 94.9 Å². The number of carbonyl (C=O) groups is 1. The third kappa shape index (κ3) is 5.03. The molecule has 0 aliphatic carbocycles. The minimum absolute atomic E-state index is 0.0970. The second-order valence-electron chi connectivity index (χ2n) is 5.98. The average molecular weight is 427 g/mol. The van der Waals surface area contributed by atoms with E-state index >= 15 is 0 Å². The molecule has 154 valence electrons. The molecule has 8 nitrogen and oxygen atoms in total. The van der Waals surface area contributed by atoms with Crippen molar-refractivity contribution in [1.82, 2.24) is 15.4 Å². The van der Waals surface area contributed by atoms with Crippen LogP contribution in [0.5, 0.6) is 17.2 Å². The van der Waals surface area contributed by atoms with E-state index in [0.717, 1.165) is 0 Å². The third-order valence-electron chi connectivity index (χ3n) is 4.07. The van der Waals surface area contributed by atoms with Gasteiger partial charge in [-0.05, 0) is 30.3 Å². The Balaban J connectivity index is 1.75. The van der Waals surface area contributed by atoms with Gasteiger partial charge in [-0.2, -0.15) is 5.10 Å². The Morgan fingerprint density at radius 1 is 1.00 bits per heavy atom. The number of carbonyl (C=O) groups excluding carboxylic acids is 1. The second-order valence-corrected chi connectivity index (χ2v) is 6.39. The van der Waals surface area contributed by atoms with Crippen molar-refractivity contribution in [2.24, 2.45) is 5.10 Å². The number of nitrogens with zero attached hydrogens (tertiary/aromatic N) is 3. The molecule has 3 rings (SSSR count). The minimum Gasteiger partial charge on any atom is -0.497 e. The summed E-state index contributed by atoms with van der Waals surface area (Å²) in [5, 5.41) is 4.40. The first-order valence-corrected chi connectivity index (χ1v) is 9.14. The van der Waals surface area contributed by atoms with Gasteiger partial charge >= 0.3 is 0 Å². The Hall–Kier alpha value is -3.65. The molecule has 3 aromatic rings. The number of aromatic nitrogens is 2. The van der Waals surface area contributed by atoms with Gasteiger partial charge in [-0.3, -0.25) is 9.78 Å². The summed E-state index contributed by atoms with van der Waals surface area (Å²) in [4.78, 5) is 20.8. The van der Waals surface area contributed by atoms with Crippen LogP contribution in [0.1, 0.15) is 16.1 Å². The van der Waals surface area contributed by atoms with Gasteiger partial charge in [0, 0.05) is 17.2 Å². The van der Waals surface area contributed by atoms with Gasteiger partial charge in [0.05, 0.1) is 50.7 Å². The standard InChI is InChI=1S/C21H19ClN4O4/c1-28-14-4-5-17(18(22)9-14)19-11-23-12-20(25-19)21(27)26-24-10-13-6-15(29-2)8-16(7-13)30-3/h4-12H,1-3H3,(H,26,27). The quantitative estimate of drug-likeness (QED) is 0.458. The monoisotopic (exact) mass is 426 g/mol.